The van der Waals surface area contributed by atoms with E-state index in [4.69, 9.17) is 4.74 Å². The van der Waals surface area contributed by atoms with Crippen LogP contribution in [0.5, 0.6) is 5.75 Å². The van der Waals surface area contributed by atoms with Crippen molar-refractivity contribution in [3.63, 3.8) is 0 Å². The third kappa shape index (κ3) is 3.30. The van der Waals surface area contributed by atoms with Crippen LogP contribution in [-0.4, -0.2) is 17.5 Å². The van der Waals surface area contributed by atoms with Gasteiger partial charge in [-0.3, -0.25) is 4.79 Å². The summed E-state index contributed by atoms with van der Waals surface area (Å²) in [5.74, 6) is 1.29. The Labute approximate surface area is 134 Å². The average Bonchev–Trinajstić information content (AvgIpc) is 2.96. The highest BCUT2D eigenvalue weighted by molar-refractivity contribution is 7.09. The summed E-state index contributed by atoms with van der Waals surface area (Å²) in [7, 11) is 0. The molecule has 1 N–H and O–H groups in total. The maximum absolute atomic E-state index is 12.3. The highest BCUT2D eigenvalue weighted by Crippen LogP contribution is 2.31. The number of benzene rings is 1. The van der Waals surface area contributed by atoms with E-state index in [9.17, 15) is 4.79 Å². The Hall–Kier alpha value is -1.88. The number of rotatable bonds is 4. The fraction of sp³-hybridized carbons (Fsp3) is 0.412. The second-order valence-electron chi connectivity index (χ2n) is 5.80. The minimum absolute atomic E-state index is 0.0160. The summed E-state index contributed by atoms with van der Waals surface area (Å²) >= 11 is 1.62. The normalized spacial score (nSPS) is 17.0. The van der Waals surface area contributed by atoms with E-state index in [0.29, 0.717) is 18.9 Å². The molecule has 22 heavy (non-hydrogen) atoms. The fourth-order valence-corrected chi connectivity index (χ4v) is 3.41. The largest absolute Gasteiger partial charge is 0.493 e. The SMILES string of the molecule is CC(C)c1nc(CC(=O)N[C@H]2CCOc3ccccc32)cs1. The molecule has 2 aromatic rings. The van der Waals surface area contributed by atoms with Crippen molar-refractivity contribution in [1.82, 2.24) is 10.3 Å². The van der Waals surface area contributed by atoms with Crippen molar-refractivity contribution >= 4 is 17.2 Å². The van der Waals surface area contributed by atoms with Crippen molar-refractivity contribution in [3.8, 4) is 5.75 Å². The van der Waals surface area contributed by atoms with E-state index in [1.165, 1.54) is 0 Å². The number of nitrogens with one attached hydrogen (secondary N) is 1. The topological polar surface area (TPSA) is 51.2 Å². The highest BCUT2D eigenvalue weighted by atomic mass is 32.1. The lowest BCUT2D eigenvalue weighted by Crippen LogP contribution is -2.33. The van der Waals surface area contributed by atoms with E-state index in [1.54, 1.807) is 11.3 Å². The first-order valence-electron chi connectivity index (χ1n) is 7.59. The first-order chi connectivity index (χ1) is 10.6. The zero-order chi connectivity index (χ0) is 15.5. The molecule has 116 valence electrons. The van der Waals surface area contributed by atoms with Crippen LogP contribution in [0.4, 0.5) is 0 Å². The van der Waals surface area contributed by atoms with Gasteiger partial charge in [0.15, 0.2) is 0 Å². The molecule has 3 rings (SSSR count). The maximum Gasteiger partial charge on any atom is 0.226 e. The molecular formula is C17H20N2O2S. The van der Waals surface area contributed by atoms with Gasteiger partial charge in [-0.1, -0.05) is 32.0 Å². The summed E-state index contributed by atoms with van der Waals surface area (Å²) in [4.78, 5) is 16.8. The van der Waals surface area contributed by atoms with Gasteiger partial charge in [-0.15, -0.1) is 11.3 Å². The van der Waals surface area contributed by atoms with Crippen LogP contribution in [0.2, 0.25) is 0 Å². The maximum atomic E-state index is 12.3. The Morgan fingerprint density at radius 3 is 3.05 bits per heavy atom. The first kappa shape index (κ1) is 15.0. The van der Waals surface area contributed by atoms with E-state index in [-0.39, 0.29) is 11.9 Å². The molecule has 4 nitrogen and oxygen atoms in total. The number of fused-ring (bicyclic) bond motifs is 1. The van der Waals surface area contributed by atoms with Crippen LogP contribution in [0.1, 0.15) is 48.5 Å². The van der Waals surface area contributed by atoms with Gasteiger partial charge in [-0.05, 0) is 6.07 Å². The Morgan fingerprint density at radius 1 is 1.45 bits per heavy atom. The van der Waals surface area contributed by atoms with Gasteiger partial charge in [0.05, 0.1) is 29.8 Å². The van der Waals surface area contributed by atoms with E-state index in [1.807, 2.05) is 29.6 Å². The van der Waals surface area contributed by atoms with Crippen molar-refractivity contribution in [2.75, 3.05) is 6.61 Å². The molecule has 1 aliphatic rings. The number of ether oxygens (including phenoxy) is 1. The summed E-state index contributed by atoms with van der Waals surface area (Å²) in [6.07, 6.45) is 1.14. The van der Waals surface area contributed by atoms with Crippen LogP contribution >= 0.6 is 11.3 Å². The van der Waals surface area contributed by atoms with Crippen molar-refractivity contribution in [2.45, 2.75) is 38.6 Å². The Kier molecular flexibility index (Phi) is 4.43. The average molecular weight is 316 g/mol. The van der Waals surface area contributed by atoms with Gasteiger partial charge in [0.1, 0.15) is 5.75 Å². The van der Waals surface area contributed by atoms with Gasteiger partial charge in [-0.2, -0.15) is 0 Å². The molecule has 0 bridgehead atoms. The number of hydrogen-bond acceptors (Lipinski definition) is 4. The number of para-hydroxylation sites is 1. The van der Waals surface area contributed by atoms with Crippen molar-refractivity contribution < 1.29 is 9.53 Å². The lowest BCUT2D eigenvalue weighted by molar-refractivity contribution is -0.121. The lowest BCUT2D eigenvalue weighted by atomic mass is 10.0. The van der Waals surface area contributed by atoms with Crippen LogP contribution in [0.25, 0.3) is 0 Å². The summed E-state index contributed by atoms with van der Waals surface area (Å²) in [6.45, 7) is 4.86. The van der Waals surface area contributed by atoms with E-state index >= 15 is 0 Å². The molecular weight excluding hydrogens is 296 g/mol. The van der Waals surface area contributed by atoms with Crippen molar-refractivity contribution in [1.29, 1.82) is 0 Å². The number of aromatic nitrogens is 1. The number of hydrogen-bond donors (Lipinski definition) is 1. The first-order valence-corrected chi connectivity index (χ1v) is 8.47. The zero-order valence-corrected chi connectivity index (χ0v) is 13.7. The van der Waals surface area contributed by atoms with E-state index in [0.717, 1.165) is 28.4 Å². The smallest absolute Gasteiger partial charge is 0.226 e. The molecule has 0 unspecified atom stereocenters. The number of amides is 1. The minimum atomic E-state index is 0.0160. The molecule has 1 aliphatic heterocycles. The molecule has 0 fully saturated rings. The van der Waals surface area contributed by atoms with Crippen molar-refractivity contribution in [3.05, 3.63) is 45.9 Å². The molecule has 0 spiro atoms. The van der Waals surface area contributed by atoms with Gasteiger partial charge in [0, 0.05) is 23.3 Å². The fourth-order valence-electron chi connectivity index (χ4n) is 2.57. The number of carbonyl (C=O) groups is 1. The van der Waals surface area contributed by atoms with Gasteiger partial charge >= 0.3 is 0 Å². The second kappa shape index (κ2) is 6.48. The predicted octanol–water partition coefficient (Wildman–Crippen LogP) is 3.45. The van der Waals surface area contributed by atoms with Crippen molar-refractivity contribution in [2.24, 2.45) is 0 Å². The Balaban J connectivity index is 1.65. The van der Waals surface area contributed by atoms with Crippen LogP contribution in [-0.2, 0) is 11.2 Å². The Morgan fingerprint density at radius 2 is 2.27 bits per heavy atom. The highest BCUT2D eigenvalue weighted by Gasteiger charge is 2.22. The molecule has 0 radical (unpaired) electrons. The van der Waals surface area contributed by atoms with Crippen LogP contribution in [0, 0.1) is 0 Å². The molecule has 0 saturated heterocycles. The quantitative estimate of drug-likeness (QED) is 0.940. The Bertz CT molecular complexity index is 666. The predicted molar refractivity (Wildman–Crippen MR) is 87.3 cm³/mol. The van der Waals surface area contributed by atoms with Crippen LogP contribution < -0.4 is 10.1 Å². The molecule has 1 amide bonds. The molecule has 1 aromatic carbocycles. The molecule has 1 aromatic heterocycles. The van der Waals surface area contributed by atoms with Crippen LogP contribution in [0.15, 0.2) is 29.6 Å². The monoisotopic (exact) mass is 316 g/mol. The summed E-state index contributed by atoms with van der Waals surface area (Å²) in [6, 6.07) is 7.91. The van der Waals surface area contributed by atoms with Crippen LogP contribution in [0.3, 0.4) is 0 Å². The third-order valence-corrected chi connectivity index (χ3v) is 4.89. The lowest BCUT2D eigenvalue weighted by Gasteiger charge is -2.26. The number of thiazole rings is 1. The standard InChI is InChI=1S/C17H20N2O2S/c1-11(2)17-18-12(10-22-17)9-16(20)19-14-7-8-21-15-6-4-3-5-13(14)15/h3-6,10-11,14H,7-9H2,1-2H3,(H,19,20)/t14-/m0/s1. The summed E-state index contributed by atoms with van der Waals surface area (Å²) in [5, 5.41) is 6.17. The molecule has 2 heterocycles. The molecule has 1 atom stereocenters. The van der Waals surface area contributed by atoms with Gasteiger partial charge in [0.25, 0.3) is 0 Å². The van der Waals surface area contributed by atoms with E-state index < -0.39 is 0 Å². The molecule has 5 heteroatoms. The second-order valence-corrected chi connectivity index (χ2v) is 6.69. The third-order valence-electron chi connectivity index (χ3n) is 3.70. The van der Waals surface area contributed by atoms with Gasteiger partial charge in [0.2, 0.25) is 5.91 Å². The summed E-state index contributed by atoms with van der Waals surface area (Å²) < 4.78 is 5.62. The minimum Gasteiger partial charge on any atom is -0.493 e. The van der Waals surface area contributed by atoms with E-state index in [2.05, 4.69) is 24.1 Å². The molecule has 0 aliphatic carbocycles. The van der Waals surface area contributed by atoms with Gasteiger partial charge < -0.3 is 10.1 Å². The number of nitrogens with zero attached hydrogens (tertiary/aromatic N) is 1. The summed E-state index contributed by atoms with van der Waals surface area (Å²) in [5.41, 5.74) is 1.91. The molecule has 0 saturated carbocycles. The van der Waals surface area contributed by atoms with Gasteiger partial charge in [-0.25, -0.2) is 4.98 Å². The number of carbonyl (C=O) groups excluding carboxylic acids is 1. The zero-order valence-electron chi connectivity index (χ0n) is 12.8.